The fraction of sp³-hybridized carbons (Fsp3) is 0.263. The van der Waals surface area contributed by atoms with Crippen LogP contribution in [-0.4, -0.2) is 39.3 Å². The molecule has 0 bridgehead atoms. The second kappa shape index (κ2) is 8.31. The maximum absolute atomic E-state index is 12.4. The van der Waals surface area contributed by atoms with Crippen molar-refractivity contribution >= 4 is 11.9 Å². The number of nitrogens with zero attached hydrogens (tertiary/aromatic N) is 4. The molecular formula is C19H22N6O2. The highest BCUT2D eigenvalue weighted by Crippen LogP contribution is 2.22. The van der Waals surface area contributed by atoms with Gasteiger partial charge in [0.2, 0.25) is 11.8 Å². The Morgan fingerprint density at radius 3 is 2.89 bits per heavy atom. The number of anilines is 1. The Labute approximate surface area is 157 Å². The molecule has 8 nitrogen and oxygen atoms in total. The Morgan fingerprint density at radius 1 is 1.30 bits per heavy atom. The second-order valence-electron chi connectivity index (χ2n) is 6.12. The number of carbonyl (C=O) groups excluding carboxylic acids is 1. The van der Waals surface area contributed by atoms with Gasteiger partial charge in [0, 0.05) is 37.0 Å². The summed E-state index contributed by atoms with van der Waals surface area (Å²) in [5, 5.41) is 7.08. The fourth-order valence-electron chi connectivity index (χ4n) is 2.71. The normalized spacial score (nSPS) is 10.6. The quantitative estimate of drug-likeness (QED) is 0.618. The van der Waals surface area contributed by atoms with Crippen molar-refractivity contribution in [2.24, 2.45) is 7.05 Å². The summed E-state index contributed by atoms with van der Waals surface area (Å²) in [5.74, 6) is 0.370. The third-order valence-electron chi connectivity index (χ3n) is 4.04. The predicted octanol–water partition coefficient (Wildman–Crippen LogP) is 1.83. The smallest absolute Gasteiger partial charge is 0.251 e. The molecule has 1 amide bonds. The van der Waals surface area contributed by atoms with Crippen molar-refractivity contribution in [3.05, 3.63) is 53.9 Å². The number of hydrogen-bond acceptors (Lipinski definition) is 6. The minimum atomic E-state index is -0.128. The van der Waals surface area contributed by atoms with Crippen molar-refractivity contribution in [2.75, 3.05) is 19.4 Å². The molecule has 0 spiro atoms. The van der Waals surface area contributed by atoms with Crippen LogP contribution in [0.1, 0.15) is 22.3 Å². The van der Waals surface area contributed by atoms with E-state index in [1.54, 1.807) is 22.9 Å². The van der Waals surface area contributed by atoms with Gasteiger partial charge in [-0.15, -0.1) is 0 Å². The molecule has 2 aromatic heterocycles. The highest BCUT2D eigenvalue weighted by molar-refractivity contribution is 5.95. The van der Waals surface area contributed by atoms with Gasteiger partial charge >= 0.3 is 0 Å². The van der Waals surface area contributed by atoms with Crippen LogP contribution in [0, 0.1) is 0 Å². The average molecular weight is 366 g/mol. The number of benzene rings is 1. The Bertz CT molecular complexity index is 937. The zero-order valence-corrected chi connectivity index (χ0v) is 15.3. The number of aryl methyl sites for hydroxylation is 2. The number of ether oxygens (including phenoxy) is 1. The first-order chi connectivity index (χ1) is 13.0. The molecule has 0 radical (unpaired) electrons. The van der Waals surface area contributed by atoms with Crippen molar-refractivity contribution in [1.29, 1.82) is 0 Å². The van der Waals surface area contributed by atoms with Gasteiger partial charge in [-0.1, -0.05) is 12.1 Å². The first-order valence-corrected chi connectivity index (χ1v) is 8.60. The standard InChI is InChI=1S/C19H22N6O2/c1-25-12-13(11-22-25)5-4-8-21-18(26)15-7-3-6-14(9-15)16-10-17(27-2)24-19(20)23-16/h3,6-7,9-12H,4-5,8H2,1-2H3,(H,21,26)(H2,20,23,24). The number of aromatic nitrogens is 4. The van der Waals surface area contributed by atoms with Gasteiger partial charge in [0.15, 0.2) is 0 Å². The third kappa shape index (κ3) is 4.81. The van der Waals surface area contributed by atoms with E-state index >= 15 is 0 Å². The van der Waals surface area contributed by atoms with Crippen LogP contribution in [0.3, 0.4) is 0 Å². The van der Waals surface area contributed by atoms with Gasteiger partial charge in [0.1, 0.15) is 0 Å². The van der Waals surface area contributed by atoms with Crippen LogP contribution in [-0.2, 0) is 13.5 Å². The van der Waals surface area contributed by atoms with Crippen molar-refractivity contribution in [2.45, 2.75) is 12.8 Å². The number of methoxy groups -OCH3 is 1. The molecule has 3 aromatic rings. The van der Waals surface area contributed by atoms with Gasteiger partial charge in [-0.2, -0.15) is 10.1 Å². The molecule has 2 heterocycles. The molecule has 3 N–H and O–H groups in total. The van der Waals surface area contributed by atoms with E-state index in [2.05, 4.69) is 20.4 Å². The molecule has 0 saturated carbocycles. The lowest BCUT2D eigenvalue weighted by molar-refractivity contribution is 0.0953. The second-order valence-corrected chi connectivity index (χ2v) is 6.12. The largest absolute Gasteiger partial charge is 0.481 e. The van der Waals surface area contributed by atoms with Crippen LogP contribution in [0.5, 0.6) is 5.88 Å². The van der Waals surface area contributed by atoms with E-state index in [1.165, 1.54) is 7.11 Å². The van der Waals surface area contributed by atoms with Crippen molar-refractivity contribution in [1.82, 2.24) is 25.1 Å². The summed E-state index contributed by atoms with van der Waals surface area (Å²) in [6.07, 6.45) is 5.53. The molecular weight excluding hydrogens is 344 g/mol. The molecule has 0 aliphatic rings. The van der Waals surface area contributed by atoms with E-state index in [-0.39, 0.29) is 11.9 Å². The molecule has 27 heavy (non-hydrogen) atoms. The van der Waals surface area contributed by atoms with E-state index < -0.39 is 0 Å². The molecule has 1 aromatic carbocycles. The van der Waals surface area contributed by atoms with Crippen LogP contribution < -0.4 is 15.8 Å². The first kappa shape index (κ1) is 18.4. The molecule has 3 rings (SSSR count). The minimum absolute atomic E-state index is 0.120. The Kier molecular flexibility index (Phi) is 5.65. The summed E-state index contributed by atoms with van der Waals surface area (Å²) in [6.45, 7) is 0.590. The molecule has 140 valence electrons. The lowest BCUT2D eigenvalue weighted by Crippen LogP contribution is -2.24. The van der Waals surface area contributed by atoms with Gasteiger partial charge < -0.3 is 15.8 Å². The summed E-state index contributed by atoms with van der Waals surface area (Å²) in [6, 6.07) is 8.89. The fourth-order valence-corrected chi connectivity index (χ4v) is 2.71. The summed E-state index contributed by atoms with van der Waals surface area (Å²) in [7, 11) is 3.40. The number of nitrogens with one attached hydrogen (secondary N) is 1. The van der Waals surface area contributed by atoms with E-state index in [0.717, 1.165) is 24.0 Å². The molecule has 8 heteroatoms. The average Bonchev–Trinajstić information content (AvgIpc) is 3.09. The minimum Gasteiger partial charge on any atom is -0.481 e. The predicted molar refractivity (Wildman–Crippen MR) is 102 cm³/mol. The van der Waals surface area contributed by atoms with Crippen molar-refractivity contribution < 1.29 is 9.53 Å². The Balaban J connectivity index is 1.62. The number of carbonyl (C=O) groups is 1. The molecule has 0 aliphatic heterocycles. The van der Waals surface area contributed by atoms with Crippen molar-refractivity contribution in [3.63, 3.8) is 0 Å². The number of amides is 1. The van der Waals surface area contributed by atoms with Gasteiger partial charge in [0.25, 0.3) is 5.91 Å². The van der Waals surface area contributed by atoms with Crippen LogP contribution in [0.25, 0.3) is 11.3 Å². The Hall–Kier alpha value is -3.42. The highest BCUT2D eigenvalue weighted by Gasteiger charge is 2.10. The number of rotatable bonds is 7. The zero-order chi connectivity index (χ0) is 19.2. The van der Waals surface area contributed by atoms with Crippen molar-refractivity contribution in [3.8, 4) is 17.1 Å². The first-order valence-electron chi connectivity index (χ1n) is 8.60. The molecule has 0 unspecified atom stereocenters. The molecule has 0 aliphatic carbocycles. The SMILES string of the molecule is COc1cc(-c2cccc(C(=O)NCCCc3cnn(C)c3)c2)nc(N)n1. The number of nitrogens with two attached hydrogens (primary N) is 1. The van der Waals surface area contributed by atoms with Gasteiger partial charge in [0.05, 0.1) is 19.0 Å². The third-order valence-corrected chi connectivity index (χ3v) is 4.04. The van der Waals surface area contributed by atoms with E-state index in [9.17, 15) is 4.79 Å². The summed E-state index contributed by atoms with van der Waals surface area (Å²) >= 11 is 0. The van der Waals surface area contributed by atoms with E-state index in [0.29, 0.717) is 23.7 Å². The lowest BCUT2D eigenvalue weighted by Gasteiger charge is -2.08. The number of nitrogen functional groups attached to an aromatic ring is 1. The molecule has 0 saturated heterocycles. The summed E-state index contributed by atoms with van der Waals surface area (Å²) in [4.78, 5) is 20.6. The van der Waals surface area contributed by atoms with Crippen LogP contribution in [0.2, 0.25) is 0 Å². The molecule has 0 atom stereocenters. The molecule has 0 fully saturated rings. The van der Waals surface area contributed by atoms with E-state index in [1.807, 2.05) is 31.6 Å². The number of hydrogen-bond donors (Lipinski definition) is 2. The highest BCUT2D eigenvalue weighted by atomic mass is 16.5. The zero-order valence-electron chi connectivity index (χ0n) is 15.3. The van der Waals surface area contributed by atoms with Gasteiger partial charge in [-0.25, -0.2) is 4.98 Å². The maximum Gasteiger partial charge on any atom is 0.251 e. The summed E-state index contributed by atoms with van der Waals surface area (Å²) in [5.41, 5.74) is 8.80. The van der Waals surface area contributed by atoms with Gasteiger partial charge in [-0.05, 0) is 30.5 Å². The van der Waals surface area contributed by atoms with Gasteiger partial charge in [-0.3, -0.25) is 9.48 Å². The Morgan fingerprint density at radius 2 is 2.15 bits per heavy atom. The summed E-state index contributed by atoms with van der Waals surface area (Å²) < 4.78 is 6.89. The van der Waals surface area contributed by atoms with Crippen LogP contribution in [0.15, 0.2) is 42.7 Å². The monoisotopic (exact) mass is 366 g/mol. The van der Waals surface area contributed by atoms with Crippen LogP contribution in [0.4, 0.5) is 5.95 Å². The van der Waals surface area contributed by atoms with Crippen LogP contribution >= 0.6 is 0 Å². The topological polar surface area (TPSA) is 108 Å². The van der Waals surface area contributed by atoms with E-state index in [4.69, 9.17) is 10.5 Å². The lowest BCUT2D eigenvalue weighted by atomic mass is 10.1. The maximum atomic E-state index is 12.4.